The fourth-order valence-corrected chi connectivity index (χ4v) is 5.45. The SMILES string of the molecule is CC1=NN(c2ccc(Cl)cc2Cl)C(=O)[C@@H]1[C@H](Cl)[C@]1(Cl)C(=O)N(c2ccc(Cl)cc2Cl)N=C1C. The highest BCUT2D eigenvalue weighted by Gasteiger charge is 2.59. The van der Waals surface area contributed by atoms with E-state index >= 15 is 0 Å². The first-order valence-corrected chi connectivity index (χ1v) is 11.8. The minimum absolute atomic E-state index is 0.206. The smallest absolute Gasteiger partial charge is 0.272 e. The van der Waals surface area contributed by atoms with E-state index in [9.17, 15) is 9.59 Å². The highest BCUT2D eigenvalue weighted by molar-refractivity contribution is 6.56. The normalized spacial score (nSPS) is 23.8. The lowest BCUT2D eigenvalue weighted by Gasteiger charge is -2.29. The zero-order valence-electron chi connectivity index (χ0n) is 17.0. The van der Waals surface area contributed by atoms with Crippen LogP contribution in [0.1, 0.15) is 13.8 Å². The number of benzene rings is 2. The molecule has 2 aliphatic heterocycles. The number of rotatable bonds is 4. The van der Waals surface area contributed by atoms with Crippen molar-refractivity contribution in [2.45, 2.75) is 24.1 Å². The maximum atomic E-state index is 13.4. The Kier molecular flexibility index (Phi) is 6.64. The van der Waals surface area contributed by atoms with E-state index in [0.29, 0.717) is 21.4 Å². The first kappa shape index (κ1) is 24.6. The molecule has 0 N–H and O–H groups in total. The maximum Gasteiger partial charge on any atom is 0.276 e. The standard InChI is InChI=1S/C21H14Cl6N4O2/c1-9-17(19(32)30(28-9)15-5-3-11(22)7-13(15)24)18(26)21(27)10(2)29-31(20(21)33)16-6-4-12(23)8-14(16)25/h3-8,17-18H,1-2H3/t17-,18-,21-/m0/s1. The van der Waals surface area contributed by atoms with Crippen LogP contribution in [0, 0.1) is 5.92 Å². The van der Waals surface area contributed by atoms with E-state index in [2.05, 4.69) is 10.2 Å². The molecule has 0 saturated carbocycles. The van der Waals surface area contributed by atoms with Gasteiger partial charge >= 0.3 is 0 Å². The summed E-state index contributed by atoms with van der Waals surface area (Å²) in [5.41, 5.74) is 1.20. The van der Waals surface area contributed by atoms with Gasteiger partial charge in [0.15, 0.2) is 4.87 Å². The van der Waals surface area contributed by atoms with Crippen molar-refractivity contribution >= 4 is 104 Å². The van der Waals surface area contributed by atoms with Crippen molar-refractivity contribution in [1.82, 2.24) is 0 Å². The molecule has 0 bridgehead atoms. The van der Waals surface area contributed by atoms with Crippen molar-refractivity contribution in [2.24, 2.45) is 16.1 Å². The predicted molar refractivity (Wildman–Crippen MR) is 136 cm³/mol. The van der Waals surface area contributed by atoms with E-state index in [1.54, 1.807) is 38.1 Å². The summed E-state index contributed by atoms with van der Waals surface area (Å²) in [7, 11) is 0. The molecule has 2 amide bonds. The first-order chi connectivity index (χ1) is 15.5. The van der Waals surface area contributed by atoms with E-state index in [1.165, 1.54) is 12.1 Å². The second kappa shape index (κ2) is 8.91. The molecular formula is C21H14Cl6N4O2. The number of anilines is 2. The minimum atomic E-state index is -1.82. The Morgan fingerprint density at radius 3 is 1.91 bits per heavy atom. The molecule has 6 nitrogen and oxygen atoms in total. The van der Waals surface area contributed by atoms with Crippen LogP contribution in [0.3, 0.4) is 0 Å². The van der Waals surface area contributed by atoms with Crippen LogP contribution >= 0.6 is 69.6 Å². The number of amides is 2. The Hall–Kier alpha value is -1.54. The monoisotopic (exact) mass is 564 g/mol. The third-order valence-electron chi connectivity index (χ3n) is 5.41. The molecule has 3 atom stereocenters. The number of hydrogen-bond acceptors (Lipinski definition) is 4. The molecule has 0 fully saturated rings. The van der Waals surface area contributed by atoms with Crippen LogP contribution in [0.2, 0.25) is 20.1 Å². The summed E-state index contributed by atoms with van der Waals surface area (Å²) in [6.45, 7) is 3.19. The Morgan fingerprint density at radius 1 is 0.879 bits per heavy atom. The molecular weight excluding hydrogens is 553 g/mol. The van der Waals surface area contributed by atoms with Gasteiger partial charge in [-0.15, -0.1) is 23.2 Å². The third kappa shape index (κ3) is 4.01. The summed E-state index contributed by atoms with van der Waals surface area (Å²) < 4.78 is 0. The Bertz CT molecular complexity index is 1250. The van der Waals surface area contributed by atoms with Gasteiger partial charge in [-0.2, -0.15) is 20.2 Å². The maximum absolute atomic E-state index is 13.4. The van der Waals surface area contributed by atoms with Crippen molar-refractivity contribution in [2.75, 3.05) is 10.0 Å². The minimum Gasteiger partial charge on any atom is -0.272 e. The van der Waals surface area contributed by atoms with Gasteiger partial charge < -0.3 is 0 Å². The zero-order valence-corrected chi connectivity index (χ0v) is 21.5. The average molecular weight is 567 g/mol. The number of alkyl halides is 2. The van der Waals surface area contributed by atoms with Crippen molar-refractivity contribution < 1.29 is 9.59 Å². The van der Waals surface area contributed by atoms with E-state index in [1.807, 2.05) is 0 Å². The van der Waals surface area contributed by atoms with Crippen molar-refractivity contribution in [3.63, 3.8) is 0 Å². The summed E-state index contributed by atoms with van der Waals surface area (Å²) in [4.78, 5) is 24.9. The van der Waals surface area contributed by atoms with Gasteiger partial charge in [-0.25, -0.2) is 0 Å². The van der Waals surface area contributed by atoms with Crippen LogP contribution in [0.25, 0.3) is 0 Å². The number of hydrazone groups is 2. The lowest BCUT2D eigenvalue weighted by atomic mass is 9.87. The fourth-order valence-electron chi connectivity index (χ4n) is 3.68. The van der Waals surface area contributed by atoms with Crippen molar-refractivity contribution in [3.05, 3.63) is 56.5 Å². The molecule has 0 spiro atoms. The van der Waals surface area contributed by atoms with Crippen molar-refractivity contribution in [1.29, 1.82) is 0 Å². The topological polar surface area (TPSA) is 65.3 Å². The molecule has 2 heterocycles. The van der Waals surface area contributed by atoms with Crippen LogP contribution < -0.4 is 10.0 Å². The molecule has 0 saturated heterocycles. The van der Waals surface area contributed by atoms with Gasteiger partial charge in [-0.1, -0.05) is 46.4 Å². The number of nitrogens with zero attached hydrogens (tertiary/aromatic N) is 4. The summed E-state index contributed by atoms with van der Waals surface area (Å²) >= 11 is 38.0. The molecule has 2 aromatic carbocycles. The van der Waals surface area contributed by atoms with Crippen molar-refractivity contribution in [3.8, 4) is 0 Å². The highest BCUT2D eigenvalue weighted by atomic mass is 35.5. The second-order valence-electron chi connectivity index (χ2n) is 7.48. The van der Waals surface area contributed by atoms with E-state index < -0.39 is 28.0 Å². The summed E-state index contributed by atoms with van der Waals surface area (Å²) in [5.74, 6) is -2.14. The Morgan fingerprint density at radius 2 is 1.39 bits per heavy atom. The van der Waals surface area contributed by atoms with Gasteiger partial charge in [-0.05, 0) is 50.2 Å². The molecule has 0 unspecified atom stereocenters. The van der Waals surface area contributed by atoms with Crippen LogP contribution in [0.4, 0.5) is 11.4 Å². The molecule has 33 heavy (non-hydrogen) atoms. The first-order valence-electron chi connectivity index (χ1n) is 9.49. The molecule has 172 valence electrons. The molecule has 2 aliphatic rings. The Balaban J connectivity index is 1.67. The summed E-state index contributed by atoms with van der Waals surface area (Å²) in [6, 6.07) is 9.24. The van der Waals surface area contributed by atoms with Gasteiger partial charge in [0.1, 0.15) is 0 Å². The van der Waals surface area contributed by atoms with Gasteiger partial charge in [-0.3, -0.25) is 9.59 Å². The largest absolute Gasteiger partial charge is 0.276 e. The Labute approximate surface area is 219 Å². The molecule has 4 rings (SSSR count). The van der Waals surface area contributed by atoms with E-state index in [4.69, 9.17) is 69.6 Å². The number of hydrogen-bond donors (Lipinski definition) is 0. The molecule has 0 radical (unpaired) electrons. The number of halogens is 6. The van der Waals surface area contributed by atoms with Crippen LogP contribution in [-0.2, 0) is 9.59 Å². The summed E-state index contributed by atoms with van der Waals surface area (Å²) in [6.07, 6.45) is 0. The van der Waals surface area contributed by atoms with Gasteiger partial charge in [0.2, 0.25) is 0 Å². The van der Waals surface area contributed by atoms with Gasteiger partial charge in [0, 0.05) is 10.0 Å². The quantitative estimate of drug-likeness (QED) is 0.389. The number of carbonyl (C=O) groups excluding carboxylic acids is 2. The molecule has 2 aromatic rings. The third-order valence-corrected chi connectivity index (χ3v) is 7.85. The highest BCUT2D eigenvalue weighted by Crippen LogP contribution is 2.44. The number of carbonyl (C=O) groups is 2. The second-order valence-corrected chi connectivity index (χ2v) is 10.2. The van der Waals surface area contributed by atoms with Crippen LogP contribution in [0.15, 0.2) is 46.6 Å². The predicted octanol–water partition coefficient (Wildman–Crippen LogP) is 6.65. The lowest BCUT2D eigenvalue weighted by molar-refractivity contribution is -0.121. The van der Waals surface area contributed by atoms with E-state index in [-0.39, 0.29) is 21.4 Å². The molecule has 0 aliphatic carbocycles. The molecule has 12 heteroatoms. The van der Waals surface area contributed by atoms with Gasteiger partial charge in [0.25, 0.3) is 11.8 Å². The summed E-state index contributed by atoms with van der Waals surface area (Å²) in [5, 5.41) is 10.8. The zero-order chi connectivity index (χ0) is 24.2. The fraction of sp³-hybridized carbons (Fsp3) is 0.238. The van der Waals surface area contributed by atoms with E-state index in [0.717, 1.165) is 10.0 Å². The molecule has 0 aromatic heterocycles. The van der Waals surface area contributed by atoms with Crippen LogP contribution in [0.5, 0.6) is 0 Å². The lowest BCUT2D eigenvalue weighted by Crippen LogP contribution is -2.53. The average Bonchev–Trinajstić information content (AvgIpc) is 3.15. The van der Waals surface area contributed by atoms with Crippen LogP contribution in [-0.4, -0.2) is 33.5 Å². The van der Waals surface area contributed by atoms with Gasteiger partial charge in [0.05, 0.1) is 44.1 Å².